The lowest BCUT2D eigenvalue weighted by Gasteiger charge is -2.21. The van der Waals surface area contributed by atoms with Crippen molar-refractivity contribution in [1.29, 1.82) is 0 Å². The number of benzene rings is 1. The van der Waals surface area contributed by atoms with Crippen molar-refractivity contribution in [2.45, 2.75) is 26.8 Å². The average Bonchev–Trinajstić information content (AvgIpc) is 2.89. The highest BCUT2D eigenvalue weighted by Crippen LogP contribution is 2.26. The number of thiophene rings is 1. The van der Waals surface area contributed by atoms with E-state index >= 15 is 0 Å². The van der Waals surface area contributed by atoms with Crippen molar-refractivity contribution in [2.75, 3.05) is 0 Å². The fourth-order valence-electron chi connectivity index (χ4n) is 1.96. The molecule has 2 aromatic rings. The second kappa shape index (κ2) is 6.02. The van der Waals surface area contributed by atoms with Crippen molar-refractivity contribution in [3.05, 3.63) is 57.8 Å². The molecule has 1 atom stereocenters. The predicted octanol–water partition coefficient (Wildman–Crippen LogP) is 4.18. The summed E-state index contributed by atoms with van der Waals surface area (Å²) in [5.74, 6) is 0.361. The maximum Gasteiger partial charge on any atom is 0.251 e. The van der Waals surface area contributed by atoms with E-state index in [-0.39, 0.29) is 11.9 Å². The van der Waals surface area contributed by atoms with E-state index in [0.717, 1.165) is 5.56 Å². The van der Waals surface area contributed by atoms with Crippen molar-refractivity contribution in [3.8, 4) is 0 Å². The first-order chi connectivity index (χ1) is 9.08. The molecule has 0 aliphatic rings. The monoisotopic (exact) mass is 273 g/mol. The fourth-order valence-corrected chi connectivity index (χ4v) is 2.91. The van der Waals surface area contributed by atoms with Crippen molar-refractivity contribution < 1.29 is 4.79 Å². The average molecular weight is 273 g/mol. The summed E-state index contributed by atoms with van der Waals surface area (Å²) in [7, 11) is 0. The van der Waals surface area contributed by atoms with Crippen LogP contribution in [-0.4, -0.2) is 5.91 Å². The van der Waals surface area contributed by atoms with Gasteiger partial charge in [-0.1, -0.05) is 37.6 Å². The maximum absolute atomic E-state index is 12.3. The molecule has 3 heteroatoms. The Morgan fingerprint density at radius 1 is 1.16 bits per heavy atom. The van der Waals surface area contributed by atoms with Gasteiger partial charge in [0.25, 0.3) is 5.91 Å². The number of carbonyl (C=O) groups excluding carboxylic acids is 1. The third-order valence-corrected chi connectivity index (χ3v) is 4.07. The molecule has 100 valence electrons. The summed E-state index contributed by atoms with van der Waals surface area (Å²) in [6.45, 7) is 6.27. The summed E-state index contributed by atoms with van der Waals surface area (Å²) >= 11 is 1.68. The zero-order valence-corrected chi connectivity index (χ0v) is 12.3. The third-order valence-electron chi connectivity index (χ3n) is 3.12. The summed E-state index contributed by atoms with van der Waals surface area (Å²) in [6.07, 6.45) is 0. The summed E-state index contributed by atoms with van der Waals surface area (Å²) in [5, 5.41) is 5.17. The Hall–Kier alpha value is -1.61. The zero-order chi connectivity index (χ0) is 13.8. The summed E-state index contributed by atoms with van der Waals surface area (Å²) in [6, 6.07) is 11.8. The van der Waals surface area contributed by atoms with E-state index in [1.54, 1.807) is 11.3 Å². The van der Waals surface area contributed by atoms with Crippen LogP contribution in [0, 0.1) is 12.8 Å². The lowest BCUT2D eigenvalue weighted by Crippen LogP contribution is -2.31. The Bertz CT molecular complexity index is 528. The SMILES string of the molecule is Cc1ccc(C(=O)N[C@H](c2cccs2)C(C)C)cc1. The highest BCUT2D eigenvalue weighted by Gasteiger charge is 2.19. The van der Waals surface area contributed by atoms with E-state index in [1.807, 2.05) is 42.6 Å². The summed E-state index contributed by atoms with van der Waals surface area (Å²) in [4.78, 5) is 13.5. The van der Waals surface area contributed by atoms with Gasteiger partial charge in [-0.05, 0) is 36.4 Å². The van der Waals surface area contributed by atoms with Gasteiger partial charge in [-0.2, -0.15) is 0 Å². The van der Waals surface area contributed by atoms with Gasteiger partial charge in [0.2, 0.25) is 0 Å². The minimum Gasteiger partial charge on any atom is -0.344 e. The first-order valence-corrected chi connectivity index (χ1v) is 7.37. The quantitative estimate of drug-likeness (QED) is 0.889. The van der Waals surface area contributed by atoms with Gasteiger partial charge in [-0.25, -0.2) is 0 Å². The highest BCUT2D eigenvalue weighted by molar-refractivity contribution is 7.10. The number of rotatable bonds is 4. The van der Waals surface area contributed by atoms with Gasteiger partial charge in [0.1, 0.15) is 0 Å². The molecule has 0 spiro atoms. The van der Waals surface area contributed by atoms with Gasteiger partial charge in [0.05, 0.1) is 6.04 Å². The Morgan fingerprint density at radius 3 is 2.37 bits per heavy atom. The van der Waals surface area contributed by atoms with Crippen LogP contribution in [0.2, 0.25) is 0 Å². The van der Waals surface area contributed by atoms with Gasteiger partial charge in [-0.3, -0.25) is 4.79 Å². The zero-order valence-electron chi connectivity index (χ0n) is 11.5. The first kappa shape index (κ1) is 13.8. The number of hydrogen-bond donors (Lipinski definition) is 1. The molecule has 1 aromatic heterocycles. The molecule has 0 radical (unpaired) electrons. The molecule has 1 aromatic carbocycles. The molecule has 1 amide bonds. The third kappa shape index (κ3) is 3.44. The van der Waals surface area contributed by atoms with E-state index in [0.29, 0.717) is 11.5 Å². The molecule has 2 rings (SSSR count). The van der Waals surface area contributed by atoms with Gasteiger partial charge < -0.3 is 5.32 Å². The van der Waals surface area contributed by atoms with Crippen LogP contribution in [0.15, 0.2) is 41.8 Å². The molecule has 19 heavy (non-hydrogen) atoms. The summed E-state index contributed by atoms with van der Waals surface area (Å²) in [5.41, 5.74) is 1.88. The fraction of sp³-hybridized carbons (Fsp3) is 0.312. The molecule has 0 aliphatic heterocycles. The Balaban J connectivity index is 2.14. The largest absolute Gasteiger partial charge is 0.344 e. The van der Waals surface area contributed by atoms with E-state index in [1.165, 1.54) is 4.88 Å². The Morgan fingerprint density at radius 2 is 1.84 bits per heavy atom. The highest BCUT2D eigenvalue weighted by atomic mass is 32.1. The van der Waals surface area contributed by atoms with E-state index in [2.05, 4.69) is 25.2 Å². The first-order valence-electron chi connectivity index (χ1n) is 6.49. The van der Waals surface area contributed by atoms with Crippen molar-refractivity contribution in [3.63, 3.8) is 0 Å². The van der Waals surface area contributed by atoms with Gasteiger partial charge in [-0.15, -0.1) is 11.3 Å². The Labute approximate surface area is 118 Å². The van der Waals surface area contributed by atoms with Gasteiger partial charge >= 0.3 is 0 Å². The predicted molar refractivity (Wildman–Crippen MR) is 80.5 cm³/mol. The maximum atomic E-state index is 12.3. The minimum atomic E-state index is -0.00731. The van der Waals surface area contributed by atoms with Crippen LogP contribution in [0.1, 0.15) is 40.7 Å². The lowest BCUT2D eigenvalue weighted by molar-refractivity contribution is 0.0926. The van der Waals surface area contributed by atoms with E-state index in [9.17, 15) is 4.79 Å². The molecule has 0 unspecified atom stereocenters. The van der Waals surface area contributed by atoms with Gasteiger partial charge in [0, 0.05) is 10.4 Å². The molecule has 0 fully saturated rings. The standard InChI is InChI=1S/C16H19NOS/c1-11(2)15(14-5-4-10-19-14)17-16(18)13-8-6-12(3)7-9-13/h4-11,15H,1-3H3,(H,17,18)/t15-/m0/s1. The van der Waals surface area contributed by atoms with Crippen molar-refractivity contribution >= 4 is 17.2 Å². The molecule has 1 N–H and O–H groups in total. The molecule has 0 saturated carbocycles. The second-order valence-electron chi connectivity index (χ2n) is 5.08. The number of hydrogen-bond acceptors (Lipinski definition) is 2. The number of aryl methyl sites for hydroxylation is 1. The summed E-state index contributed by atoms with van der Waals surface area (Å²) < 4.78 is 0. The molecule has 2 nitrogen and oxygen atoms in total. The lowest BCUT2D eigenvalue weighted by atomic mass is 10.0. The Kier molecular flexibility index (Phi) is 4.38. The van der Waals surface area contributed by atoms with Crippen LogP contribution in [0.3, 0.4) is 0 Å². The van der Waals surface area contributed by atoms with Gasteiger partial charge in [0.15, 0.2) is 0 Å². The van der Waals surface area contributed by atoms with Crippen LogP contribution in [-0.2, 0) is 0 Å². The molecular weight excluding hydrogens is 254 g/mol. The van der Waals surface area contributed by atoms with Crippen molar-refractivity contribution in [2.24, 2.45) is 5.92 Å². The van der Waals surface area contributed by atoms with Crippen LogP contribution in [0.5, 0.6) is 0 Å². The molecule has 0 aliphatic carbocycles. The number of nitrogens with one attached hydrogen (secondary N) is 1. The molecule has 0 bridgehead atoms. The van der Waals surface area contributed by atoms with Crippen molar-refractivity contribution in [1.82, 2.24) is 5.32 Å². The van der Waals surface area contributed by atoms with Crippen LogP contribution < -0.4 is 5.32 Å². The smallest absolute Gasteiger partial charge is 0.251 e. The molecular formula is C16H19NOS. The van der Waals surface area contributed by atoms with E-state index in [4.69, 9.17) is 0 Å². The molecule has 1 heterocycles. The van der Waals surface area contributed by atoms with Crippen LogP contribution in [0.4, 0.5) is 0 Å². The van der Waals surface area contributed by atoms with E-state index < -0.39 is 0 Å². The number of amides is 1. The minimum absolute atomic E-state index is 0.00731. The normalized spacial score (nSPS) is 12.4. The van der Waals surface area contributed by atoms with Crippen LogP contribution >= 0.6 is 11.3 Å². The molecule has 0 saturated heterocycles. The number of carbonyl (C=O) groups is 1. The second-order valence-corrected chi connectivity index (χ2v) is 6.06. The van der Waals surface area contributed by atoms with Crippen LogP contribution in [0.25, 0.3) is 0 Å². The topological polar surface area (TPSA) is 29.1 Å².